The van der Waals surface area contributed by atoms with E-state index in [-0.39, 0.29) is 0 Å². The second-order valence-electron chi connectivity index (χ2n) is 6.17. The number of aliphatic hydroxyl groups is 1. The first-order valence-electron chi connectivity index (χ1n) is 8.21. The quantitative estimate of drug-likeness (QED) is 0.911. The van der Waals surface area contributed by atoms with E-state index >= 15 is 0 Å². The smallest absolute Gasteiger partial charge is 0.0940 e. The third-order valence-corrected chi connectivity index (χ3v) is 4.57. The molecule has 22 heavy (non-hydrogen) atoms. The minimum atomic E-state index is -0.720. The number of hydrogen-bond donors (Lipinski definition) is 1. The molecule has 1 heterocycles. The maximum Gasteiger partial charge on any atom is 0.0940 e. The van der Waals surface area contributed by atoms with Gasteiger partial charge in [-0.1, -0.05) is 61.9 Å². The Labute approximate surface area is 132 Å². The average Bonchev–Trinajstić information content (AvgIpc) is 2.57. The van der Waals surface area contributed by atoms with Crippen LogP contribution in [0.5, 0.6) is 0 Å². The second kappa shape index (κ2) is 6.64. The van der Waals surface area contributed by atoms with Crippen molar-refractivity contribution in [2.75, 3.05) is 13.2 Å². The summed E-state index contributed by atoms with van der Waals surface area (Å²) in [6.07, 6.45) is 3.67. The molecule has 2 heteroatoms. The van der Waals surface area contributed by atoms with Crippen molar-refractivity contribution < 1.29 is 9.84 Å². The summed E-state index contributed by atoms with van der Waals surface area (Å²) >= 11 is 0. The Balaban J connectivity index is 1.78. The van der Waals surface area contributed by atoms with Crippen LogP contribution in [0.1, 0.15) is 37.3 Å². The zero-order valence-electron chi connectivity index (χ0n) is 13.2. The number of rotatable bonds is 4. The number of ether oxygens (including phenoxy) is 1. The van der Waals surface area contributed by atoms with E-state index < -0.39 is 5.60 Å². The van der Waals surface area contributed by atoms with Crippen LogP contribution in [0.15, 0.2) is 48.5 Å². The molecule has 0 amide bonds. The van der Waals surface area contributed by atoms with Crippen LogP contribution < -0.4 is 0 Å². The van der Waals surface area contributed by atoms with Gasteiger partial charge in [0.05, 0.1) is 5.60 Å². The maximum atomic E-state index is 10.7. The van der Waals surface area contributed by atoms with Gasteiger partial charge in [0, 0.05) is 26.1 Å². The topological polar surface area (TPSA) is 29.5 Å². The van der Waals surface area contributed by atoms with Crippen LogP contribution in [-0.4, -0.2) is 18.3 Å². The first kappa shape index (κ1) is 15.3. The summed E-state index contributed by atoms with van der Waals surface area (Å²) in [5, 5.41) is 10.7. The maximum absolute atomic E-state index is 10.7. The van der Waals surface area contributed by atoms with Gasteiger partial charge in [0.1, 0.15) is 0 Å². The van der Waals surface area contributed by atoms with E-state index in [1.807, 2.05) is 0 Å². The van der Waals surface area contributed by atoms with Crippen LogP contribution in [0, 0.1) is 0 Å². The van der Waals surface area contributed by atoms with Gasteiger partial charge in [0.2, 0.25) is 0 Å². The van der Waals surface area contributed by atoms with Gasteiger partial charge >= 0.3 is 0 Å². The lowest BCUT2D eigenvalue weighted by molar-refractivity contribution is -0.0679. The molecule has 2 nitrogen and oxygen atoms in total. The van der Waals surface area contributed by atoms with Crippen LogP contribution in [0.25, 0.3) is 11.1 Å². The van der Waals surface area contributed by atoms with E-state index in [1.165, 1.54) is 23.1 Å². The van der Waals surface area contributed by atoms with Gasteiger partial charge in [-0.15, -0.1) is 0 Å². The second-order valence-corrected chi connectivity index (χ2v) is 6.17. The zero-order chi connectivity index (χ0) is 15.4. The van der Waals surface area contributed by atoms with Gasteiger partial charge in [-0.05, 0) is 28.7 Å². The average molecular weight is 296 g/mol. The van der Waals surface area contributed by atoms with Crippen molar-refractivity contribution in [2.24, 2.45) is 0 Å². The highest BCUT2D eigenvalue weighted by Gasteiger charge is 2.31. The lowest BCUT2D eigenvalue weighted by Gasteiger charge is -2.32. The summed E-state index contributed by atoms with van der Waals surface area (Å²) in [5.41, 5.74) is 4.09. The summed E-state index contributed by atoms with van der Waals surface area (Å²) in [7, 11) is 0. The molecule has 116 valence electrons. The van der Waals surface area contributed by atoms with E-state index in [9.17, 15) is 5.11 Å². The van der Waals surface area contributed by atoms with E-state index in [0.717, 1.165) is 12.0 Å². The molecule has 1 fully saturated rings. The van der Waals surface area contributed by atoms with Crippen molar-refractivity contribution >= 4 is 0 Å². The molecule has 0 bridgehead atoms. The fraction of sp³-hybridized carbons (Fsp3) is 0.400. The Morgan fingerprint density at radius 3 is 2.00 bits per heavy atom. The fourth-order valence-electron chi connectivity index (χ4n) is 3.12. The zero-order valence-corrected chi connectivity index (χ0v) is 13.2. The summed E-state index contributed by atoms with van der Waals surface area (Å²) in [4.78, 5) is 0. The third-order valence-electron chi connectivity index (χ3n) is 4.57. The molecule has 0 aliphatic carbocycles. The Morgan fingerprint density at radius 2 is 1.45 bits per heavy atom. The highest BCUT2D eigenvalue weighted by atomic mass is 16.5. The van der Waals surface area contributed by atoms with Crippen molar-refractivity contribution in [3.05, 3.63) is 59.7 Å². The van der Waals surface area contributed by atoms with E-state index in [1.54, 1.807) is 0 Å². The van der Waals surface area contributed by atoms with Crippen LogP contribution in [-0.2, 0) is 16.8 Å². The molecule has 0 aromatic heterocycles. The van der Waals surface area contributed by atoms with Gasteiger partial charge in [-0.2, -0.15) is 0 Å². The number of benzene rings is 2. The molecular formula is C20H24O2. The van der Waals surface area contributed by atoms with Gasteiger partial charge in [-0.3, -0.25) is 0 Å². The molecule has 1 N–H and O–H groups in total. The summed E-state index contributed by atoms with van der Waals surface area (Å²) in [5.74, 6) is 0. The van der Waals surface area contributed by atoms with Crippen LogP contribution in [0.4, 0.5) is 0 Å². The fourth-order valence-corrected chi connectivity index (χ4v) is 3.12. The summed E-state index contributed by atoms with van der Waals surface area (Å²) in [6.45, 7) is 3.47. The normalized spacial score (nSPS) is 17.4. The SMILES string of the molecule is CCCc1ccc(-c2ccc(C3(O)CCOCC3)cc2)cc1. The molecular weight excluding hydrogens is 272 g/mol. The molecule has 0 radical (unpaired) electrons. The Hall–Kier alpha value is -1.64. The predicted molar refractivity (Wildman–Crippen MR) is 89.8 cm³/mol. The molecule has 2 aromatic rings. The monoisotopic (exact) mass is 296 g/mol. The first-order valence-corrected chi connectivity index (χ1v) is 8.21. The van der Waals surface area contributed by atoms with Gasteiger partial charge < -0.3 is 9.84 Å². The standard InChI is InChI=1S/C20H24O2/c1-2-3-16-4-6-17(7-5-16)18-8-10-19(11-9-18)20(21)12-14-22-15-13-20/h4-11,21H,2-3,12-15H2,1H3. The third kappa shape index (κ3) is 3.23. The van der Waals surface area contributed by atoms with Gasteiger partial charge in [-0.25, -0.2) is 0 Å². The highest BCUT2D eigenvalue weighted by Crippen LogP contribution is 2.33. The van der Waals surface area contributed by atoms with Crippen molar-refractivity contribution in [1.29, 1.82) is 0 Å². The number of aryl methyl sites for hydroxylation is 1. The van der Waals surface area contributed by atoms with Crippen LogP contribution in [0.3, 0.4) is 0 Å². The van der Waals surface area contributed by atoms with Crippen molar-refractivity contribution in [2.45, 2.75) is 38.2 Å². The Morgan fingerprint density at radius 1 is 0.909 bits per heavy atom. The van der Waals surface area contributed by atoms with E-state index in [2.05, 4.69) is 55.5 Å². The van der Waals surface area contributed by atoms with E-state index in [4.69, 9.17) is 4.74 Å². The number of hydrogen-bond acceptors (Lipinski definition) is 2. The highest BCUT2D eigenvalue weighted by molar-refractivity contribution is 5.64. The Bertz CT molecular complexity index is 593. The Kier molecular flexibility index (Phi) is 4.60. The minimum Gasteiger partial charge on any atom is -0.385 e. The molecule has 0 unspecified atom stereocenters. The molecule has 1 aliphatic rings. The summed E-state index contributed by atoms with van der Waals surface area (Å²) < 4.78 is 5.35. The van der Waals surface area contributed by atoms with Crippen LogP contribution >= 0.6 is 0 Å². The largest absolute Gasteiger partial charge is 0.385 e. The minimum absolute atomic E-state index is 0.636. The molecule has 2 aromatic carbocycles. The lowest BCUT2D eigenvalue weighted by atomic mass is 9.86. The molecule has 1 saturated heterocycles. The summed E-state index contributed by atoms with van der Waals surface area (Å²) in [6, 6.07) is 17.1. The molecule has 1 aliphatic heterocycles. The molecule has 3 rings (SSSR count). The lowest BCUT2D eigenvalue weighted by Crippen LogP contribution is -2.33. The predicted octanol–water partition coefficient (Wildman–Crippen LogP) is 4.30. The van der Waals surface area contributed by atoms with Crippen molar-refractivity contribution in [1.82, 2.24) is 0 Å². The molecule has 0 spiro atoms. The van der Waals surface area contributed by atoms with Crippen molar-refractivity contribution in [3.8, 4) is 11.1 Å². The van der Waals surface area contributed by atoms with Crippen molar-refractivity contribution in [3.63, 3.8) is 0 Å². The van der Waals surface area contributed by atoms with E-state index in [0.29, 0.717) is 26.1 Å². The molecule has 0 atom stereocenters. The van der Waals surface area contributed by atoms with Gasteiger partial charge in [0.15, 0.2) is 0 Å². The first-order chi connectivity index (χ1) is 10.7. The molecule has 0 saturated carbocycles. The van der Waals surface area contributed by atoms with Crippen LogP contribution in [0.2, 0.25) is 0 Å². The van der Waals surface area contributed by atoms with Gasteiger partial charge in [0.25, 0.3) is 0 Å².